The van der Waals surface area contributed by atoms with Crippen LogP contribution in [0.4, 0.5) is 0 Å². The standard InChI is InChI=1S/C10H18ClNO2/c11-6-4-10(14)12-9(5-7-13)8-2-1-3-8/h8-9,13H,1-7H2,(H,12,14). The van der Waals surface area contributed by atoms with Crippen LogP contribution in [0.2, 0.25) is 0 Å². The molecule has 0 radical (unpaired) electrons. The van der Waals surface area contributed by atoms with Crippen LogP contribution in [0.3, 0.4) is 0 Å². The molecule has 1 saturated carbocycles. The maximum Gasteiger partial charge on any atom is 0.221 e. The lowest BCUT2D eigenvalue weighted by Gasteiger charge is -2.34. The van der Waals surface area contributed by atoms with Crippen molar-refractivity contribution in [2.75, 3.05) is 12.5 Å². The second-order valence-electron chi connectivity index (χ2n) is 3.82. The lowest BCUT2D eigenvalue weighted by atomic mass is 9.78. The van der Waals surface area contributed by atoms with Gasteiger partial charge in [-0.1, -0.05) is 6.42 Å². The number of alkyl halides is 1. The number of rotatable bonds is 6. The van der Waals surface area contributed by atoms with Crippen molar-refractivity contribution in [3.05, 3.63) is 0 Å². The van der Waals surface area contributed by atoms with Crippen LogP contribution in [0.25, 0.3) is 0 Å². The Morgan fingerprint density at radius 3 is 2.71 bits per heavy atom. The largest absolute Gasteiger partial charge is 0.396 e. The first-order chi connectivity index (χ1) is 6.77. The average Bonchev–Trinajstić information content (AvgIpc) is 2.01. The molecule has 1 unspecified atom stereocenters. The molecule has 0 aromatic heterocycles. The molecule has 0 aliphatic heterocycles. The predicted molar refractivity (Wildman–Crippen MR) is 56.3 cm³/mol. The Labute approximate surface area is 89.8 Å². The number of aliphatic hydroxyl groups is 1. The fraction of sp³-hybridized carbons (Fsp3) is 0.900. The van der Waals surface area contributed by atoms with Crippen molar-refractivity contribution in [1.82, 2.24) is 5.32 Å². The van der Waals surface area contributed by atoms with E-state index in [9.17, 15) is 4.79 Å². The summed E-state index contributed by atoms with van der Waals surface area (Å²) in [5.74, 6) is 0.939. The van der Waals surface area contributed by atoms with Crippen molar-refractivity contribution < 1.29 is 9.90 Å². The van der Waals surface area contributed by atoms with Crippen LogP contribution in [-0.2, 0) is 4.79 Å². The van der Waals surface area contributed by atoms with E-state index in [0.29, 0.717) is 24.6 Å². The molecule has 82 valence electrons. The Hall–Kier alpha value is -0.280. The number of nitrogens with one attached hydrogen (secondary N) is 1. The van der Waals surface area contributed by atoms with Crippen LogP contribution >= 0.6 is 11.6 Å². The fourth-order valence-electron chi connectivity index (χ4n) is 1.77. The number of amides is 1. The molecule has 0 aromatic carbocycles. The van der Waals surface area contributed by atoms with Gasteiger partial charge >= 0.3 is 0 Å². The summed E-state index contributed by atoms with van der Waals surface area (Å²) in [5.41, 5.74) is 0. The van der Waals surface area contributed by atoms with Crippen LogP contribution in [0.1, 0.15) is 32.1 Å². The van der Waals surface area contributed by atoms with Crippen LogP contribution < -0.4 is 5.32 Å². The lowest BCUT2D eigenvalue weighted by molar-refractivity contribution is -0.122. The molecule has 1 aliphatic carbocycles. The molecule has 0 aromatic rings. The molecule has 14 heavy (non-hydrogen) atoms. The molecule has 1 rings (SSSR count). The van der Waals surface area contributed by atoms with Crippen molar-refractivity contribution in [1.29, 1.82) is 0 Å². The molecule has 2 N–H and O–H groups in total. The smallest absolute Gasteiger partial charge is 0.221 e. The molecule has 0 saturated heterocycles. The van der Waals surface area contributed by atoms with E-state index < -0.39 is 0 Å². The van der Waals surface area contributed by atoms with Gasteiger partial charge in [-0.3, -0.25) is 4.79 Å². The van der Waals surface area contributed by atoms with Gasteiger partial charge in [-0.2, -0.15) is 0 Å². The molecule has 0 spiro atoms. The van der Waals surface area contributed by atoms with E-state index in [1.54, 1.807) is 0 Å². The molecular weight excluding hydrogens is 202 g/mol. The van der Waals surface area contributed by atoms with Gasteiger partial charge in [0.15, 0.2) is 0 Å². The number of carbonyl (C=O) groups excluding carboxylic acids is 1. The van der Waals surface area contributed by atoms with Gasteiger partial charge in [-0.15, -0.1) is 11.6 Å². The second-order valence-corrected chi connectivity index (χ2v) is 4.19. The zero-order valence-corrected chi connectivity index (χ0v) is 9.09. The fourth-order valence-corrected chi connectivity index (χ4v) is 1.94. The molecular formula is C10H18ClNO2. The Kier molecular flexibility index (Phi) is 5.26. The number of aliphatic hydroxyl groups excluding tert-OH is 1. The number of halogens is 1. The van der Waals surface area contributed by atoms with Gasteiger partial charge in [0.25, 0.3) is 0 Å². The minimum atomic E-state index is 0.00495. The molecule has 4 heteroatoms. The summed E-state index contributed by atoms with van der Waals surface area (Å²) < 4.78 is 0. The molecule has 1 aliphatic rings. The third-order valence-electron chi connectivity index (χ3n) is 2.83. The first kappa shape index (κ1) is 11.8. The normalized spacial score (nSPS) is 18.7. The predicted octanol–water partition coefficient (Wildman–Crippen LogP) is 1.28. The van der Waals surface area contributed by atoms with Gasteiger partial charge in [0.2, 0.25) is 5.91 Å². The highest BCUT2D eigenvalue weighted by Gasteiger charge is 2.27. The molecule has 1 atom stereocenters. The lowest BCUT2D eigenvalue weighted by Crippen LogP contribution is -2.43. The average molecular weight is 220 g/mol. The van der Waals surface area contributed by atoms with Crippen molar-refractivity contribution in [3.63, 3.8) is 0 Å². The van der Waals surface area contributed by atoms with E-state index in [-0.39, 0.29) is 18.6 Å². The Morgan fingerprint density at radius 2 is 2.29 bits per heavy atom. The number of carbonyl (C=O) groups is 1. The number of hydrogen-bond donors (Lipinski definition) is 2. The highest BCUT2D eigenvalue weighted by Crippen LogP contribution is 2.30. The van der Waals surface area contributed by atoms with E-state index in [4.69, 9.17) is 16.7 Å². The summed E-state index contributed by atoms with van der Waals surface area (Å²) >= 11 is 5.47. The zero-order chi connectivity index (χ0) is 10.4. The highest BCUT2D eigenvalue weighted by atomic mass is 35.5. The summed E-state index contributed by atoms with van der Waals surface area (Å²) in [6.07, 6.45) is 4.63. The Morgan fingerprint density at radius 1 is 1.57 bits per heavy atom. The van der Waals surface area contributed by atoms with Gasteiger partial charge in [0.05, 0.1) is 0 Å². The SMILES string of the molecule is O=C(CCCl)NC(CCO)C1CCC1. The summed E-state index contributed by atoms with van der Waals surface area (Å²) in [5, 5.41) is 11.8. The first-order valence-corrected chi connectivity index (χ1v) is 5.77. The van der Waals surface area contributed by atoms with Crippen LogP contribution in [-0.4, -0.2) is 29.5 Å². The van der Waals surface area contributed by atoms with E-state index in [1.165, 1.54) is 19.3 Å². The quantitative estimate of drug-likeness (QED) is 0.662. The van der Waals surface area contributed by atoms with Gasteiger partial charge in [-0.05, 0) is 25.2 Å². The minimum absolute atomic E-state index is 0.00495. The number of hydrogen-bond acceptors (Lipinski definition) is 2. The van der Waals surface area contributed by atoms with E-state index >= 15 is 0 Å². The van der Waals surface area contributed by atoms with E-state index in [2.05, 4.69) is 5.32 Å². The van der Waals surface area contributed by atoms with Crippen molar-refractivity contribution in [2.24, 2.45) is 5.92 Å². The third-order valence-corrected chi connectivity index (χ3v) is 3.02. The van der Waals surface area contributed by atoms with Crippen molar-refractivity contribution in [2.45, 2.75) is 38.1 Å². The van der Waals surface area contributed by atoms with Crippen molar-refractivity contribution in [3.8, 4) is 0 Å². The third kappa shape index (κ3) is 3.46. The van der Waals surface area contributed by atoms with E-state index in [1.807, 2.05) is 0 Å². The molecule has 1 fully saturated rings. The maximum atomic E-state index is 11.3. The van der Waals surface area contributed by atoms with Crippen molar-refractivity contribution >= 4 is 17.5 Å². The maximum absolute atomic E-state index is 11.3. The summed E-state index contributed by atoms with van der Waals surface area (Å²) in [6.45, 7) is 0.141. The van der Waals surface area contributed by atoms with Crippen LogP contribution in [0, 0.1) is 5.92 Å². The summed E-state index contributed by atoms with van der Waals surface area (Å²) in [7, 11) is 0. The summed E-state index contributed by atoms with van der Waals surface area (Å²) in [4.78, 5) is 11.3. The monoisotopic (exact) mass is 219 g/mol. The van der Waals surface area contributed by atoms with Gasteiger partial charge in [0, 0.05) is 24.9 Å². The first-order valence-electron chi connectivity index (χ1n) is 5.24. The Bertz CT molecular complexity index is 183. The van der Waals surface area contributed by atoms with Gasteiger partial charge < -0.3 is 10.4 Å². The molecule has 1 amide bonds. The molecule has 0 bridgehead atoms. The van der Waals surface area contributed by atoms with Gasteiger partial charge in [0.1, 0.15) is 0 Å². The van der Waals surface area contributed by atoms with E-state index in [0.717, 1.165) is 0 Å². The van der Waals surface area contributed by atoms with Gasteiger partial charge in [-0.25, -0.2) is 0 Å². The minimum Gasteiger partial charge on any atom is -0.396 e. The van der Waals surface area contributed by atoms with Crippen LogP contribution in [0.5, 0.6) is 0 Å². The highest BCUT2D eigenvalue weighted by molar-refractivity contribution is 6.18. The topological polar surface area (TPSA) is 49.3 Å². The zero-order valence-electron chi connectivity index (χ0n) is 8.34. The second kappa shape index (κ2) is 6.25. The molecule has 0 heterocycles. The Balaban J connectivity index is 2.30. The van der Waals surface area contributed by atoms with Crippen LogP contribution in [0.15, 0.2) is 0 Å². The molecule has 3 nitrogen and oxygen atoms in total. The summed E-state index contributed by atoms with van der Waals surface area (Å²) in [6, 6.07) is 0.157.